The number of thiophene rings is 1. The fourth-order valence-corrected chi connectivity index (χ4v) is 2.67. The molecule has 1 rings (SSSR count). The van der Waals surface area contributed by atoms with E-state index >= 15 is 0 Å². The minimum absolute atomic E-state index is 0.0276. The predicted octanol–water partition coefficient (Wildman–Crippen LogP) is 2.14. The summed E-state index contributed by atoms with van der Waals surface area (Å²) in [6.45, 7) is 3.84. The lowest BCUT2D eigenvalue weighted by Crippen LogP contribution is -2.48. The highest BCUT2D eigenvalue weighted by molar-refractivity contribution is 9.11. The van der Waals surface area contributed by atoms with E-state index < -0.39 is 11.9 Å². The summed E-state index contributed by atoms with van der Waals surface area (Å²) >= 11 is 4.61. The first-order valence-corrected chi connectivity index (χ1v) is 6.92. The van der Waals surface area contributed by atoms with E-state index in [-0.39, 0.29) is 11.8 Å². The highest BCUT2D eigenvalue weighted by atomic mass is 79.9. The molecule has 0 spiro atoms. The summed E-state index contributed by atoms with van der Waals surface area (Å²) in [5.41, 5.74) is 5.29. The third kappa shape index (κ3) is 3.81. The van der Waals surface area contributed by atoms with E-state index in [0.29, 0.717) is 4.88 Å². The number of amides is 2. The Morgan fingerprint density at radius 1 is 1.53 bits per heavy atom. The number of halogens is 1. The Kier molecular flexibility index (Phi) is 5.14. The minimum atomic E-state index is -0.617. The molecular weight excluding hydrogens is 304 g/mol. The average Bonchev–Trinajstić information content (AvgIpc) is 2.71. The van der Waals surface area contributed by atoms with Crippen LogP contribution in [0.15, 0.2) is 15.9 Å². The molecule has 1 heterocycles. The van der Waals surface area contributed by atoms with E-state index in [1.807, 2.05) is 13.8 Å². The minimum Gasteiger partial charge on any atom is -0.368 e. The molecule has 6 heteroatoms. The standard InChI is InChI=1S/C11H15BrN2O2S/c1-3-6(2)9(10(13)15)14-11(16)7-4-5-8(12)17-7/h4-6,9H,3H2,1-2H3,(H2,13,15)(H,14,16). The second-order valence-electron chi connectivity index (χ2n) is 3.84. The largest absolute Gasteiger partial charge is 0.368 e. The van der Waals surface area contributed by atoms with Crippen LogP contribution in [0, 0.1) is 5.92 Å². The van der Waals surface area contributed by atoms with Crippen LogP contribution in [0.5, 0.6) is 0 Å². The molecule has 1 aromatic rings. The van der Waals surface area contributed by atoms with Crippen LogP contribution < -0.4 is 11.1 Å². The molecule has 4 nitrogen and oxygen atoms in total. The van der Waals surface area contributed by atoms with Gasteiger partial charge in [-0.15, -0.1) is 11.3 Å². The van der Waals surface area contributed by atoms with Crippen molar-refractivity contribution in [2.45, 2.75) is 26.3 Å². The van der Waals surface area contributed by atoms with Crippen molar-refractivity contribution in [2.24, 2.45) is 11.7 Å². The molecule has 3 N–H and O–H groups in total. The van der Waals surface area contributed by atoms with Gasteiger partial charge in [0.25, 0.3) is 5.91 Å². The molecule has 0 aromatic carbocycles. The molecule has 2 unspecified atom stereocenters. The van der Waals surface area contributed by atoms with E-state index in [2.05, 4.69) is 21.2 Å². The van der Waals surface area contributed by atoms with E-state index in [0.717, 1.165) is 10.2 Å². The molecule has 0 bridgehead atoms. The SMILES string of the molecule is CCC(C)C(NC(=O)c1ccc(Br)s1)C(N)=O. The molecule has 0 saturated heterocycles. The van der Waals surface area contributed by atoms with Crippen LogP contribution in [-0.4, -0.2) is 17.9 Å². The van der Waals surface area contributed by atoms with Gasteiger partial charge in [-0.2, -0.15) is 0 Å². The van der Waals surface area contributed by atoms with Gasteiger partial charge in [0.2, 0.25) is 5.91 Å². The van der Waals surface area contributed by atoms with Crippen LogP contribution in [0.1, 0.15) is 29.9 Å². The Hall–Kier alpha value is -0.880. The molecule has 1 aromatic heterocycles. The van der Waals surface area contributed by atoms with Crippen LogP contribution in [0.4, 0.5) is 0 Å². The zero-order valence-electron chi connectivity index (χ0n) is 9.70. The van der Waals surface area contributed by atoms with Crippen molar-refractivity contribution in [1.29, 1.82) is 0 Å². The number of hydrogen-bond donors (Lipinski definition) is 2. The molecule has 17 heavy (non-hydrogen) atoms. The van der Waals surface area contributed by atoms with Gasteiger partial charge in [0.15, 0.2) is 0 Å². The molecular formula is C11H15BrN2O2S. The van der Waals surface area contributed by atoms with Gasteiger partial charge in [0.05, 0.1) is 8.66 Å². The maximum Gasteiger partial charge on any atom is 0.262 e. The summed E-state index contributed by atoms with van der Waals surface area (Å²) in [6, 6.07) is 2.88. The number of hydrogen-bond acceptors (Lipinski definition) is 3. The Labute approximate surface area is 113 Å². The maximum absolute atomic E-state index is 11.9. The van der Waals surface area contributed by atoms with Gasteiger partial charge in [-0.3, -0.25) is 9.59 Å². The van der Waals surface area contributed by atoms with Gasteiger partial charge in [0, 0.05) is 0 Å². The van der Waals surface area contributed by atoms with Gasteiger partial charge < -0.3 is 11.1 Å². The Balaban J connectivity index is 2.74. The molecule has 2 atom stereocenters. The van der Waals surface area contributed by atoms with Gasteiger partial charge >= 0.3 is 0 Å². The van der Waals surface area contributed by atoms with Crippen molar-refractivity contribution >= 4 is 39.1 Å². The number of rotatable bonds is 5. The van der Waals surface area contributed by atoms with Crippen molar-refractivity contribution in [2.75, 3.05) is 0 Å². The number of carbonyl (C=O) groups excluding carboxylic acids is 2. The van der Waals surface area contributed by atoms with E-state index in [9.17, 15) is 9.59 Å². The molecule has 0 aliphatic rings. The average molecular weight is 319 g/mol. The van der Waals surface area contributed by atoms with Crippen LogP contribution in [0.25, 0.3) is 0 Å². The first kappa shape index (κ1) is 14.2. The van der Waals surface area contributed by atoms with Gasteiger partial charge in [-0.05, 0) is 34.0 Å². The normalized spacial score (nSPS) is 14.1. The Morgan fingerprint density at radius 3 is 2.59 bits per heavy atom. The lowest BCUT2D eigenvalue weighted by atomic mass is 9.98. The molecule has 94 valence electrons. The quantitative estimate of drug-likeness (QED) is 0.873. The van der Waals surface area contributed by atoms with Gasteiger partial charge in [0.1, 0.15) is 6.04 Å². The van der Waals surface area contributed by atoms with Crippen LogP contribution in [0.2, 0.25) is 0 Å². The summed E-state index contributed by atoms with van der Waals surface area (Å²) in [7, 11) is 0. The van der Waals surface area contributed by atoms with Gasteiger partial charge in [-0.1, -0.05) is 20.3 Å². The lowest BCUT2D eigenvalue weighted by Gasteiger charge is -2.20. The second kappa shape index (κ2) is 6.16. The number of nitrogens with one attached hydrogen (secondary N) is 1. The summed E-state index contributed by atoms with van der Waals surface area (Å²) in [5.74, 6) is -0.729. The van der Waals surface area contributed by atoms with Crippen molar-refractivity contribution < 1.29 is 9.59 Å². The second-order valence-corrected chi connectivity index (χ2v) is 6.31. The molecule has 0 saturated carbocycles. The van der Waals surface area contributed by atoms with Crippen molar-refractivity contribution in [3.8, 4) is 0 Å². The summed E-state index contributed by atoms with van der Waals surface area (Å²) in [4.78, 5) is 23.7. The highest BCUT2D eigenvalue weighted by Gasteiger charge is 2.24. The fourth-order valence-electron chi connectivity index (χ4n) is 1.38. The Morgan fingerprint density at radius 2 is 2.18 bits per heavy atom. The van der Waals surface area contributed by atoms with Gasteiger partial charge in [-0.25, -0.2) is 0 Å². The molecule has 0 fully saturated rings. The van der Waals surface area contributed by atoms with Crippen molar-refractivity contribution in [3.63, 3.8) is 0 Å². The van der Waals surface area contributed by atoms with E-state index in [1.165, 1.54) is 11.3 Å². The molecule has 0 radical (unpaired) electrons. The third-order valence-corrected chi connectivity index (χ3v) is 4.23. The number of nitrogens with two attached hydrogens (primary N) is 1. The van der Waals surface area contributed by atoms with Crippen molar-refractivity contribution in [1.82, 2.24) is 5.32 Å². The third-order valence-electron chi connectivity index (χ3n) is 2.60. The zero-order valence-corrected chi connectivity index (χ0v) is 12.1. The lowest BCUT2D eigenvalue weighted by molar-refractivity contribution is -0.120. The smallest absolute Gasteiger partial charge is 0.262 e. The van der Waals surface area contributed by atoms with Crippen LogP contribution in [-0.2, 0) is 4.79 Å². The first-order chi connectivity index (χ1) is 7.95. The monoisotopic (exact) mass is 318 g/mol. The summed E-state index contributed by atoms with van der Waals surface area (Å²) in [5, 5.41) is 2.67. The number of carbonyl (C=O) groups is 2. The summed E-state index contributed by atoms with van der Waals surface area (Å²) < 4.78 is 0.877. The van der Waals surface area contributed by atoms with E-state index in [4.69, 9.17) is 5.73 Å². The van der Waals surface area contributed by atoms with Crippen LogP contribution >= 0.6 is 27.3 Å². The van der Waals surface area contributed by atoms with Crippen LogP contribution in [0.3, 0.4) is 0 Å². The maximum atomic E-state index is 11.9. The molecule has 2 amide bonds. The van der Waals surface area contributed by atoms with E-state index in [1.54, 1.807) is 12.1 Å². The Bertz CT molecular complexity index is 419. The summed E-state index contributed by atoms with van der Waals surface area (Å²) in [6.07, 6.45) is 0.780. The fraction of sp³-hybridized carbons (Fsp3) is 0.455. The number of primary amides is 1. The zero-order chi connectivity index (χ0) is 13.0. The molecule has 0 aliphatic heterocycles. The van der Waals surface area contributed by atoms with Crippen molar-refractivity contribution in [3.05, 3.63) is 20.8 Å². The first-order valence-electron chi connectivity index (χ1n) is 5.31. The topological polar surface area (TPSA) is 72.2 Å². The molecule has 0 aliphatic carbocycles. The highest BCUT2D eigenvalue weighted by Crippen LogP contribution is 2.22. The predicted molar refractivity (Wildman–Crippen MR) is 71.9 cm³/mol.